The predicted molar refractivity (Wildman–Crippen MR) is 74.4 cm³/mol. The van der Waals surface area contributed by atoms with Gasteiger partial charge < -0.3 is 14.7 Å². The first-order chi connectivity index (χ1) is 8.95. The summed E-state index contributed by atoms with van der Waals surface area (Å²) in [5, 5.41) is 3.18. The van der Waals surface area contributed by atoms with Crippen molar-refractivity contribution in [3.8, 4) is 0 Å². The Bertz CT molecular complexity index is 613. The van der Waals surface area contributed by atoms with Gasteiger partial charge in [-0.05, 0) is 26.0 Å². The van der Waals surface area contributed by atoms with Gasteiger partial charge in [-0.2, -0.15) is 0 Å². The maximum absolute atomic E-state index is 11.6. The maximum Gasteiger partial charge on any atom is 0.252 e. The highest BCUT2D eigenvalue weighted by Gasteiger charge is 2.11. The molecule has 102 valence electrons. The average molecular weight is 261 g/mol. The minimum Gasteiger partial charge on any atom is -0.464 e. The minimum atomic E-state index is -0.149. The molecule has 19 heavy (non-hydrogen) atoms. The van der Waals surface area contributed by atoms with E-state index in [2.05, 4.69) is 15.3 Å². The van der Waals surface area contributed by atoms with Crippen LogP contribution in [0.3, 0.4) is 0 Å². The van der Waals surface area contributed by atoms with Crippen molar-refractivity contribution in [2.75, 3.05) is 5.32 Å². The van der Waals surface area contributed by atoms with Gasteiger partial charge in [0.2, 0.25) is 0 Å². The Labute approximate surface area is 112 Å². The van der Waals surface area contributed by atoms with Gasteiger partial charge in [0, 0.05) is 12.0 Å². The molecule has 2 heterocycles. The molecule has 0 aliphatic carbocycles. The number of anilines is 1. The molecule has 0 amide bonds. The fourth-order valence-corrected chi connectivity index (χ4v) is 1.80. The number of furan rings is 1. The minimum absolute atomic E-state index is 0.0389. The van der Waals surface area contributed by atoms with Crippen molar-refractivity contribution >= 4 is 5.82 Å². The molecule has 5 nitrogen and oxygen atoms in total. The molecule has 0 bridgehead atoms. The number of nitrogens with zero attached hydrogens (tertiary/aromatic N) is 1. The van der Waals surface area contributed by atoms with Crippen molar-refractivity contribution in [3.05, 3.63) is 45.9 Å². The Morgan fingerprint density at radius 2 is 2.05 bits per heavy atom. The van der Waals surface area contributed by atoms with E-state index in [4.69, 9.17) is 4.42 Å². The van der Waals surface area contributed by atoms with E-state index in [9.17, 15) is 4.79 Å². The lowest BCUT2D eigenvalue weighted by atomic mass is 10.2. The smallest absolute Gasteiger partial charge is 0.252 e. The van der Waals surface area contributed by atoms with Crippen LogP contribution in [0.5, 0.6) is 0 Å². The molecule has 0 aliphatic heterocycles. The Morgan fingerprint density at radius 1 is 1.32 bits per heavy atom. The summed E-state index contributed by atoms with van der Waals surface area (Å²) in [7, 11) is 0. The molecular weight excluding hydrogens is 242 g/mol. The van der Waals surface area contributed by atoms with Crippen LogP contribution in [0, 0.1) is 6.92 Å². The molecule has 0 saturated heterocycles. The Kier molecular flexibility index (Phi) is 3.74. The Hall–Kier alpha value is -2.04. The first kappa shape index (κ1) is 13.4. The quantitative estimate of drug-likeness (QED) is 0.887. The standard InChI is InChI=1S/C14H19N3O2/c1-8(2)14-16-12(7-13(18)17-14)15-10(4)11-6-5-9(3)19-11/h5-8,10H,1-4H3,(H2,15,16,17,18). The largest absolute Gasteiger partial charge is 0.464 e. The Balaban J connectivity index is 2.21. The first-order valence-electron chi connectivity index (χ1n) is 6.40. The molecule has 0 fully saturated rings. The third kappa shape index (κ3) is 3.24. The van der Waals surface area contributed by atoms with Gasteiger partial charge in [0.25, 0.3) is 5.56 Å². The van der Waals surface area contributed by atoms with Gasteiger partial charge in [0.1, 0.15) is 23.2 Å². The Morgan fingerprint density at radius 3 is 2.63 bits per heavy atom. The lowest BCUT2D eigenvalue weighted by molar-refractivity contribution is 0.466. The lowest BCUT2D eigenvalue weighted by Crippen LogP contribution is -2.16. The van der Waals surface area contributed by atoms with Gasteiger partial charge >= 0.3 is 0 Å². The van der Waals surface area contributed by atoms with Crippen LogP contribution in [0.4, 0.5) is 5.82 Å². The van der Waals surface area contributed by atoms with Crippen molar-refractivity contribution in [2.45, 2.75) is 39.7 Å². The number of H-pyrrole nitrogens is 1. The summed E-state index contributed by atoms with van der Waals surface area (Å²) in [4.78, 5) is 18.7. The first-order valence-corrected chi connectivity index (χ1v) is 6.40. The van der Waals surface area contributed by atoms with E-state index in [0.717, 1.165) is 11.5 Å². The summed E-state index contributed by atoms with van der Waals surface area (Å²) >= 11 is 0. The second-order valence-corrected chi connectivity index (χ2v) is 4.99. The summed E-state index contributed by atoms with van der Waals surface area (Å²) in [5.74, 6) is 3.11. The van der Waals surface area contributed by atoms with Gasteiger partial charge in [0.15, 0.2) is 0 Å². The average Bonchev–Trinajstić information content (AvgIpc) is 2.75. The number of aromatic nitrogens is 2. The van der Waals surface area contributed by atoms with Gasteiger partial charge in [-0.15, -0.1) is 0 Å². The van der Waals surface area contributed by atoms with Crippen LogP contribution in [0.15, 0.2) is 27.4 Å². The summed E-state index contributed by atoms with van der Waals surface area (Å²) in [6, 6.07) is 5.25. The van der Waals surface area contributed by atoms with Crippen molar-refractivity contribution in [3.63, 3.8) is 0 Å². The van der Waals surface area contributed by atoms with Crippen LogP contribution in [0.1, 0.15) is 50.1 Å². The molecule has 0 aromatic carbocycles. The lowest BCUT2D eigenvalue weighted by Gasteiger charge is -2.13. The SMILES string of the molecule is Cc1ccc(C(C)Nc2cc(=O)[nH]c(C(C)C)n2)o1. The summed E-state index contributed by atoms with van der Waals surface area (Å²) in [6.45, 7) is 7.84. The topological polar surface area (TPSA) is 70.9 Å². The van der Waals surface area contributed by atoms with Gasteiger partial charge in [-0.1, -0.05) is 13.8 Å². The van der Waals surface area contributed by atoms with Crippen LogP contribution in [-0.4, -0.2) is 9.97 Å². The van der Waals surface area contributed by atoms with Crippen LogP contribution in [0.2, 0.25) is 0 Å². The van der Waals surface area contributed by atoms with Crippen LogP contribution < -0.4 is 10.9 Å². The molecular formula is C14H19N3O2. The maximum atomic E-state index is 11.6. The number of hydrogen-bond acceptors (Lipinski definition) is 4. The molecule has 0 spiro atoms. The summed E-state index contributed by atoms with van der Waals surface area (Å²) in [6.07, 6.45) is 0. The number of nitrogens with one attached hydrogen (secondary N) is 2. The molecule has 2 N–H and O–H groups in total. The molecule has 0 saturated carbocycles. The number of rotatable bonds is 4. The van der Waals surface area contributed by atoms with E-state index < -0.39 is 0 Å². The highest BCUT2D eigenvalue weighted by molar-refractivity contribution is 5.36. The van der Waals surface area contributed by atoms with Crippen LogP contribution in [-0.2, 0) is 0 Å². The molecule has 2 aromatic heterocycles. The molecule has 2 aromatic rings. The zero-order valence-corrected chi connectivity index (χ0v) is 11.7. The van der Waals surface area contributed by atoms with E-state index in [1.54, 1.807) is 0 Å². The van der Waals surface area contributed by atoms with Crippen molar-refractivity contribution < 1.29 is 4.42 Å². The number of aromatic amines is 1. The van der Waals surface area contributed by atoms with Crippen LogP contribution in [0.25, 0.3) is 0 Å². The van der Waals surface area contributed by atoms with E-state index in [1.807, 2.05) is 39.8 Å². The zero-order valence-electron chi connectivity index (χ0n) is 11.7. The summed E-state index contributed by atoms with van der Waals surface area (Å²) < 4.78 is 5.55. The van der Waals surface area contributed by atoms with Crippen LogP contribution >= 0.6 is 0 Å². The summed E-state index contributed by atoms with van der Waals surface area (Å²) in [5.41, 5.74) is -0.149. The molecule has 2 rings (SSSR count). The van der Waals surface area contributed by atoms with E-state index in [1.165, 1.54) is 6.07 Å². The second kappa shape index (κ2) is 5.30. The zero-order chi connectivity index (χ0) is 14.0. The molecule has 5 heteroatoms. The molecule has 0 radical (unpaired) electrons. The fraction of sp³-hybridized carbons (Fsp3) is 0.429. The molecule has 1 atom stereocenters. The fourth-order valence-electron chi connectivity index (χ4n) is 1.80. The van der Waals surface area contributed by atoms with Crippen molar-refractivity contribution in [2.24, 2.45) is 0 Å². The monoisotopic (exact) mass is 261 g/mol. The number of hydrogen-bond donors (Lipinski definition) is 2. The predicted octanol–water partition coefficient (Wildman–Crippen LogP) is 2.97. The molecule has 0 aliphatic rings. The van der Waals surface area contributed by atoms with Gasteiger partial charge in [0.05, 0.1) is 6.04 Å². The van der Waals surface area contributed by atoms with Crippen molar-refractivity contribution in [1.82, 2.24) is 9.97 Å². The van der Waals surface area contributed by atoms with E-state index in [-0.39, 0.29) is 17.5 Å². The highest BCUT2D eigenvalue weighted by atomic mass is 16.3. The highest BCUT2D eigenvalue weighted by Crippen LogP contribution is 2.20. The second-order valence-electron chi connectivity index (χ2n) is 4.99. The number of aryl methyl sites for hydroxylation is 1. The van der Waals surface area contributed by atoms with E-state index >= 15 is 0 Å². The normalized spacial score (nSPS) is 12.7. The third-order valence-electron chi connectivity index (χ3n) is 2.86. The van der Waals surface area contributed by atoms with Gasteiger partial charge in [-0.3, -0.25) is 4.79 Å². The molecule has 1 unspecified atom stereocenters. The third-order valence-corrected chi connectivity index (χ3v) is 2.86. The van der Waals surface area contributed by atoms with Crippen molar-refractivity contribution in [1.29, 1.82) is 0 Å². The van der Waals surface area contributed by atoms with E-state index in [0.29, 0.717) is 11.6 Å². The van der Waals surface area contributed by atoms with Gasteiger partial charge in [-0.25, -0.2) is 4.98 Å².